The Hall–Kier alpha value is 0.620. The van der Waals surface area contributed by atoms with Gasteiger partial charge in [-0.25, -0.2) is 0 Å². The zero-order valence-corrected chi connectivity index (χ0v) is 11.8. The van der Waals surface area contributed by atoms with Crippen LogP contribution in [0.2, 0.25) is 5.02 Å². The van der Waals surface area contributed by atoms with E-state index in [0.29, 0.717) is 15.1 Å². The lowest BCUT2D eigenvalue weighted by molar-refractivity contribution is 0.102. The van der Waals surface area contributed by atoms with Crippen molar-refractivity contribution < 1.29 is 4.79 Å². The summed E-state index contributed by atoms with van der Waals surface area (Å²) in [5.41, 5.74) is 0.522. The first-order valence-corrected chi connectivity index (χ1v) is 6.39. The molecule has 0 aliphatic heterocycles. The highest BCUT2D eigenvalue weighted by atomic mass is 79.9. The summed E-state index contributed by atoms with van der Waals surface area (Å²) in [6, 6.07) is 3.48. The van der Waals surface area contributed by atoms with Crippen LogP contribution in [-0.4, -0.2) is 11.1 Å². The van der Waals surface area contributed by atoms with E-state index in [2.05, 4.69) is 47.8 Å². The van der Waals surface area contributed by atoms with Gasteiger partial charge in [-0.2, -0.15) is 0 Å². The van der Waals surface area contributed by atoms with Crippen LogP contribution >= 0.6 is 59.4 Å². The van der Waals surface area contributed by atoms with E-state index in [-0.39, 0.29) is 11.1 Å². The second-order valence-corrected chi connectivity index (χ2v) is 4.87. The van der Waals surface area contributed by atoms with Gasteiger partial charge in [0.25, 0.3) is 0 Å². The molecule has 0 aromatic heterocycles. The van der Waals surface area contributed by atoms with Crippen LogP contribution in [0.5, 0.6) is 0 Å². The van der Waals surface area contributed by atoms with Crippen molar-refractivity contribution in [1.82, 2.24) is 0 Å². The molecule has 0 atom stereocenters. The van der Waals surface area contributed by atoms with Gasteiger partial charge in [-0.15, -0.1) is 0 Å². The molecule has 0 unspecified atom stereocenters. The van der Waals surface area contributed by atoms with Crippen molar-refractivity contribution in [3.8, 4) is 0 Å². The van der Waals surface area contributed by atoms with Crippen molar-refractivity contribution >= 4 is 65.2 Å². The van der Waals surface area contributed by atoms with Crippen molar-refractivity contribution in [2.24, 2.45) is 0 Å². The number of rotatable bonds is 2. The van der Waals surface area contributed by atoms with Crippen molar-refractivity contribution in [1.29, 1.82) is 0 Å². The molecule has 0 spiro atoms. The van der Waals surface area contributed by atoms with Crippen LogP contribution < -0.4 is 0 Å². The van der Waals surface area contributed by atoms with Crippen molar-refractivity contribution in [3.05, 3.63) is 31.7 Å². The average Bonchev–Trinajstić information content (AvgIpc) is 2.13. The van der Waals surface area contributed by atoms with E-state index in [0.717, 1.165) is 4.47 Å². The molecule has 13 heavy (non-hydrogen) atoms. The van der Waals surface area contributed by atoms with Gasteiger partial charge in [-0.05, 0) is 44.0 Å². The highest BCUT2D eigenvalue weighted by molar-refractivity contribution is 9.13. The first-order chi connectivity index (χ1) is 6.07. The summed E-state index contributed by atoms with van der Waals surface area (Å²) in [4.78, 5) is 11.3. The lowest BCUT2D eigenvalue weighted by atomic mass is 10.1. The molecule has 0 saturated carbocycles. The summed E-state index contributed by atoms with van der Waals surface area (Å²) in [6.07, 6.45) is 0. The van der Waals surface area contributed by atoms with Crippen LogP contribution in [0.15, 0.2) is 21.1 Å². The summed E-state index contributed by atoms with van der Waals surface area (Å²) in [5, 5.41) is 0.722. The lowest BCUT2D eigenvalue weighted by Gasteiger charge is -2.04. The third-order valence-electron chi connectivity index (χ3n) is 1.46. The summed E-state index contributed by atoms with van der Waals surface area (Å²) in [5.74, 6) is -0.0294. The van der Waals surface area contributed by atoms with E-state index in [1.807, 2.05) is 0 Å². The molecule has 0 amide bonds. The van der Waals surface area contributed by atoms with Crippen LogP contribution in [0.25, 0.3) is 0 Å². The van der Waals surface area contributed by atoms with Gasteiger partial charge in [0.05, 0.1) is 14.8 Å². The molecule has 0 heterocycles. The Balaban J connectivity index is 3.26. The van der Waals surface area contributed by atoms with E-state index < -0.39 is 0 Å². The fourth-order valence-corrected chi connectivity index (χ4v) is 2.18. The fraction of sp³-hybridized carbons (Fsp3) is 0.125. The van der Waals surface area contributed by atoms with Gasteiger partial charge < -0.3 is 0 Å². The molecule has 0 N–H and O–H groups in total. The molecule has 1 rings (SSSR count). The Labute approximate surface area is 106 Å². The van der Waals surface area contributed by atoms with E-state index in [1.54, 1.807) is 12.1 Å². The molecule has 1 nitrogen and oxygen atoms in total. The van der Waals surface area contributed by atoms with Crippen molar-refractivity contribution in [2.75, 3.05) is 5.33 Å². The topological polar surface area (TPSA) is 17.1 Å². The normalized spacial score (nSPS) is 10.2. The van der Waals surface area contributed by atoms with Crippen LogP contribution in [0, 0.1) is 0 Å². The monoisotopic (exact) mass is 388 g/mol. The summed E-state index contributed by atoms with van der Waals surface area (Å²) in [7, 11) is 0. The molecular formula is C8H4Br3ClO. The first-order valence-electron chi connectivity index (χ1n) is 3.30. The molecule has 0 radical (unpaired) electrons. The summed E-state index contributed by atoms with van der Waals surface area (Å²) >= 11 is 15.6. The molecule has 0 bridgehead atoms. The molecule has 70 valence electrons. The van der Waals surface area contributed by atoms with Gasteiger partial charge >= 0.3 is 0 Å². The molecule has 1 aromatic carbocycles. The number of benzene rings is 1. The number of Topliss-reactive ketones (excluding diaryl/α,β-unsaturated/α-hetero) is 1. The number of alkyl halides is 1. The smallest absolute Gasteiger partial charge is 0.174 e. The van der Waals surface area contributed by atoms with Gasteiger partial charge in [0.2, 0.25) is 0 Å². The van der Waals surface area contributed by atoms with Gasteiger partial charge in [0.1, 0.15) is 0 Å². The third-order valence-corrected chi connectivity index (χ3v) is 4.60. The molecule has 5 heteroatoms. The molecule has 0 fully saturated rings. The van der Waals surface area contributed by atoms with Gasteiger partial charge in [0, 0.05) is 10.0 Å². The maximum absolute atomic E-state index is 11.3. The van der Waals surface area contributed by atoms with E-state index in [9.17, 15) is 4.79 Å². The highest BCUT2D eigenvalue weighted by Crippen LogP contribution is 2.33. The number of ketones is 1. The first kappa shape index (κ1) is 11.7. The fourth-order valence-electron chi connectivity index (χ4n) is 0.813. The maximum atomic E-state index is 11.3. The minimum Gasteiger partial charge on any atom is -0.293 e. The van der Waals surface area contributed by atoms with Crippen molar-refractivity contribution in [2.45, 2.75) is 0 Å². The Morgan fingerprint density at radius 2 is 2.00 bits per heavy atom. The third kappa shape index (κ3) is 2.55. The van der Waals surface area contributed by atoms with E-state index in [1.165, 1.54) is 0 Å². The molecule has 0 aliphatic carbocycles. The maximum Gasteiger partial charge on any atom is 0.174 e. The zero-order chi connectivity index (χ0) is 10.0. The Morgan fingerprint density at radius 3 is 2.54 bits per heavy atom. The highest BCUT2D eigenvalue weighted by Gasteiger charge is 2.13. The second kappa shape index (κ2) is 4.91. The van der Waals surface area contributed by atoms with E-state index >= 15 is 0 Å². The number of hydrogen-bond donors (Lipinski definition) is 0. The molecular weight excluding hydrogens is 387 g/mol. The lowest BCUT2D eigenvalue weighted by Crippen LogP contribution is -2.01. The number of halogens is 4. The molecule has 0 aliphatic rings. The summed E-state index contributed by atoms with van der Waals surface area (Å²) < 4.78 is 1.55. The van der Waals surface area contributed by atoms with Crippen LogP contribution in [-0.2, 0) is 0 Å². The van der Waals surface area contributed by atoms with E-state index in [4.69, 9.17) is 11.6 Å². The predicted octanol–water partition coefficient (Wildman–Crippen LogP) is 4.44. The van der Waals surface area contributed by atoms with Crippen molar-refractivity contribution in [3.63, 3.8) is 0 Å². The largest absolute Gasteiger partial charge is 0.293 e. The second-order valence-electron chi connectivity index (χ2n) is 2.28. The zero-order valence-electron chi connectivity index (χ0n) is 6.28. The van der Waals surface area contributed by atoms with Crippen LogP contribution in [0.4, 0.5) is 0 Å². The van der Waals surface area contributed by atoms with Crippen LogP contribution in [0.3, 0.4) is 0 Å². The Bertz CT molecular complexity index is 351. The summed E-state index contributed by atoms with van der Waals surface area (Å²) in [6.45, 7) is 0. The Kier molecular flexibility index (Phi) is 4.42. The average molecular weight is 391 g/mol. The standard InChI is InChI=1S/C8H4Br3ClO/c9-3-6(13)4-1-2-5(10)7(11)8(4)12/h1-2H,3H2. The van der Waals surface area contributed by atoms with Gasteiger partial charge in [-0.1, -0.05) is 27.5 Å². The number of carbonyl (C=O) groups excluding carboxylic acids is 1. The minimum absolute atomic E-state index is 0.0294. The Morgan fingerprint density at radius 1 is 1.38 bits per heavy atom. The predicted molar refractivity (Wildman–Crippen MR) is 65.0 cm³/mol. The van der Waals surface area contributed by atoms with Crippen LogP contribution in [0.1, 0.15) is 10.4 Å². The quantitative estimate of drug-likeness (QED) is 0.414. The minimum atomic E-state index is -0.0294. The van der Waals surface area contributed by atoms with Gasteiger partial charge in [0.15, 0.2) is 5.78 Å². The van der Waals surface area contributed by atoms with Gasteiger partial charge in [-0.3, -0.25) is 4.79 Å². The number of carbonyl (C=O) groups is 1. The number of hydrogen-bond acceptors (Lipinski definition) is 1. The molecule has 1 aromatic rings. The SMILES string of the molecule is O=C(CBr)c1ccc(Br)c(Br)c1Cl. The molecule has 0 saturated heterocycles.